The smallest absolute Gasteiger partial charge is 0.232 e. The predicted molar refractivity (Wildman–Crippen MR) is 408 cm³/mol. The summed E-state index contributed by atoms with van der Waals surface area (Å²) in [5.41, 5.74) is 16.7. The highest BCUT2D eigenvalue weighted by atomic mass is 35.5. The number of anilines is 3. The number of carbonyl (C=O) groups excluding carboxylic acids is 2. The molecule has 23 nitrogen and oxygen atoms in total. The Morgan fingerprint density at radius 3 is 1.08 bits per heavy atom. The summed E-state index contributed by atoms with van der Waals surface area (Å²) in [6.07, 6.45) is 11.0. The minimum atomic E-state index is -0.621. The van der Waals surface area contributed by atoms with E-state index in [0.29, 0.717) is 101 Å². The number of nitrogens with zero attached hydrogens (tertiary/aromatic N) is 14. The zero-order chi connectivity index (χ0) is 75.6. The normalized spacial score (nSPS) is 11.5. The van der Waals surface area contributed by atoms with Crippen molar-refractivity contribution in [2.75, 3.05) is 57.4 Å². The molecule has 0 unspecified atom stereocenters. The number of rotatable bonds is 17. The molecule has 9 rings (SSSR count). The summed E-state index contributed by atoms with van der Waals surface area (Å²) in [5.74, 6) is 21.1. The molecular weight excluding hydrogens is 1350 g/mol. The Morgan fingerprint density at radius 1 is 0.500 bits per heavy atom. The van der Waals surface area contributed by atoms with Crippen molar-refractivity contribution in [2.24, 2.45) is 10.8 Å². The van der Waals surface area contributed by atoms with Gasteiger partial charge in [0.15, 0.2) is 0 Å². The lowest BCUT2D eigenvalue weighted by Gasteiger charge is -2.28. The van der Waals surface area contributed by atoms with Crippen LogP contribution in [0.3, 0.4) is 0 Å². The van der Waals surface area contributed by atoms with E-state index in [9.17, 15) is 9.59 Å². The van der Waals surface area contributed by atoms with Crippen LogP contribution >= 0.6 is 34.8 Å². The molecule has 2 amide bonds. The van der Waals surface area contributed by atoms with Gasteiger partial charge in [-0.25, -0.2) is 4.98 Å². The van der Waals surface area contributed by atoms with Crippen LogP contribution in [0, 0.1) is 87.9 Å². The highest BCUT2D eigenvalue weighted by Gasteiger charge is 2.27. The zero-order valence-electron chi connectivity index (χ0n) is 63.0. The quantitative estimate of drug-likeness (QED) is 0.0487. The van der Waals surface area contributed by atoms with E-state index in [4.69, 9.17) is 64.8 Å². The van der Waals surface area contributed by atoms with Crippen molar-refractivity contribution in [1.29, 1.82) is 0 Å². The monoisotopic (exact) mass is 1450 g/mol. The van der Waals surface area contributed by atoms with E-state index < -0.39 is 10.8 Å². The molecule has 0 atom stereocenters. The van der Waals surface area contributed by atoms with Gasteiger partial charge in [0.1, 0.15) is 56.3 Å². The van der Waals surface area contributed by atoms with Gasteiger partial charge in [-0.3, -0.25) is 45.0 Å². The molecule has 5 N–H and O–H groups in total. The summed E-state index contributed by atoms with van der Waals surface area (Å²) in [7, 11) is 4.96. The van der Waals surface area contributed by atoms with Crippen LogP contribution in [0.4, 0.5) is 17.8 Å². The Bertz CT molecular complexity index is 4760. The summed E-state index contributed by atoms with van der Waals surface area (Å²) in [5, 5.41) is 17.2. The second-order valence-corrected chi connectivity index (χ2v) is 29.1. The maximum absolute atomic E-state index is 12.6. The number of hydrogen-bond acceptors (Lipinski definition) is 18. The standard InChI is InChI=1S/C29H39ClN6O2.C24H31ClN6O.C23H26ClN5O3/c1-17(2)36(18(3)4)13-11-12-21-15-35(16-22-20(6)24(38-10)19(5)14-31-22)26-23(21)25(30)32-28(33-26)34-27(37)29(7,8)9;1-14(2)31(15(3)4)10-8-9-18-12-30(23-20(18)22(25)28-24(26)29-23)13-19-17(6)21(32-7)16(5)11-27-19;1-13-10-25-16(14(2)18(13)32-6)12-29-11-15(8-7-9-30)17-19(24)26-22(27-20(17)29)28-21(31)23(3,4)5/h14-15,17-18H,13,16H2,1-10H3,(H,32,33,34,37);11-12,14-15H,10,13H2,1-7H3,(H2,26,28,29);10-11,30H,9,12H2,1-6H3,(H,26,27,28,31). The van der Waals surface area contributed by atoms with Gasteiger partial charge in [0.2, 0.25) is 29.7 Å². The van der Waals surface area contributed by atoms with Crippen LogP contribution < -0.4 is 30.6 Å². The van der Waals surface area contributed by atoms with Crippen LogP contribution in [0.15, 0.2) is 37.2 Å². The van der Waals surface area contributed by atoms with Gasteiger partial charge in [0.05, 0.1) is 104 Å². The number of nitrogens with one attached hydrogen (secondary N) is 2. The molecule has 542 valence electrons. The fourth-order valence-electron chi connectivity index (χ4n) is 11.5. The fourth-order valence-corrected chi connectivity index (χ4v) is 12.3. The maximum atomic E-state index is 12.6. The highest BCUT2D eigenvalue weighted by molar-refractivity contribution is 6.35. The highest BCUT2D eigenvalue weighted by Crippen LogP contribution is 2.35. The molecule has 0 fully saturated rings. The van der Waals surface area contributed by atoms with Crippen molar-refractivity contribution < 1.29 is 28.9 Å². The molecule has 0 bridgehead atoms. The van der Waals surface area contributed by atoms with Crippen molar-refractivity contribution in [3.63, 3.8) is 0 Å². The van der Waals surface area contributed by atoms with E-state index >= 15 is 0 Å². The Labute approximate surface area is 614 Å². The van der Waals surface area contributed by atoms with E-state index in [0.717, 1.165) is 78.8 Å². The summed E-state index contributed by atoms with van der Waals surface area (Å²) in [4.78, 5) is 70.0. The number of carbonyl (C=O) groups is 2. The molecule has 0 spiro atoms. The second-order valence-electron chi connectivity index (χ2n) is 28.0. The van der Waals surface area contributed by atoms with Crippen molar-refractivity contribution >= 4 is 97.6 Å². The molecule has 9 aromatic rings. The lowest BCUT2D eigenvalue weighted by atomic mass is 9.96. The Hall–Kier alpha value is -9.12. The number of aliphatic hydroxyl groups excluding tert-OH is 1. The van der Waals surface area contributed by atoms with E-state index in [1.165, 1.54) is 0 Å². The molecule has 9 heterocycles. The number of aromatic nitrogens is 12. The fraction of sp³-hybridized carbons (Fsp3) is 0.461. The van der Waals surface area contributed by atoms with Gasteiger partial charge in [-0.05, 0) is 96.9 Å². The third kappa shape index (κ3) is 19.1. The van der Waals surface area contributed by atoms with Gasteiger partial charge in [-0.15, -0.1) is 0 Å². The molecule has 0 aromatic carbocycles. The number of amides is 2. The van der Waals surface area contributed by atoms with Crippen molar-refractivity contribution in [1.82, 2.24) is 68.4 Å². The SMILES string of the molecule is COc1c(C)cnc(Cn2cc(C#CCN(C(C)C)C(C)C)c3c(Cl)nc(N)nc32)c1C.COc1c(C)cnc(Cn2cc(C#CCN(C(C)C)C(C)C)c3c(Cl)nc(NC(=O)C(C)(C)C)nc32)c1C.COc1c(C)cnc(Cn2cc(C#CCO)c3c(Cl)nc(NC(=O)C(C)(C)C)nc32)c1C. The molecule has 0 aliphatic carbocycles. The third-order valence-electron chi connectivity index (χ3n) is 17.0. The zero-order valence-corrected chi connectivity index (χ0v) is 65.2. The van der Waals surface area contributed by atoms with E-state index in [1.54, 1.807) is 60.7 Å². The van der Waals surface area contributed by atoms with Crippen LogP contribution in [-0.4, -0.2) is 150 Å². The lowest BCUT2D eigenvalue weighted by Crippen LogP contribution is -2.37. The van der Waals surface area contributed by atoms with E-state index in [-0.39, 0.29) is 46.6 Å². The molecule has 0 aliphatic rings. The molecule has 0 saturated carbocycles. The first-order valence-electron chi connectivity index (χ1n) is 33.6. The molecule has 9 aromatic heterocycles. The van der Waals surface area contributed by atoms with Gasteiger partial charge >= 0.3 is 0 Å². The summed E-state index contributed by atoms with van der Waals surface area (Å²) >= 11 is 19.6. The van der Waals surface area contributed by atoms with Gasteiger partial charge in [-0.2, -0.15) is 24.9 Å². The molecular formula is C76H96Cl3N17O6. The number of aryl methyl sites for hydroxylation is 3. The Balaban J connectivity index is 0.000000216. The predicted octanol–water partition coefficient (Wildman–Crippen LogP) is 13.3. The number of nitrogen functional groups attached to an aromatic ring is 1. The number of fused-ring (bicyclic) bond motifs is 3. The maximum Gasteiger partial charge on any atom is 0.232 e. The Morgan fingerprint density at radius 2 is 0.794 bits per heavy atom. The number of methoxy groups -OCH3 is 3. The average molecular weight is 1450 g/mol. The van der Waals surface area contributed by atoms with Gasteiger partial charge in [0.25, 0.3) is 0 Å². The third-order valence-corrected chi connectivity index (χ3v) is 17.8. The molecule has 26 heteroatoms. The minimum absolute atomic E-state index is 0.106. The first-order chi connectivity index (χ1) is 47.9. The minimum Gasteiger partial charge on any atom is -0.496 e. The lowest BCUT2D eigenvalue weighted by molar-refractivity contribution is -0.123. The van der Waals surface area contributed by atoms with E-state index in [2.05, 4.69) is 151 Å². The number of hydrogen-bond donors (Lipinski definition) is 4. The van der Waals surface area contributed by atoms with Gasteiger partial charge < -0.3 is 38.8 Å². The van der Waals surface area contributed by atoms with Crippen LogP contribution in [0.1, 0.15) is 164 Å². The van der Waals surface area contributed by atoms with Crippen LogP contribution in [0.5, 0.6) is 17.2 Å². The van der Waals surface area contributed by atoms with Crippen LogP contribution in [0.2, 0.25) is 15.5 Å². The Kier molecular flexibility index (Phi) is 26.9. The summed E-state index contributed by atoms with van der Waals surface area (Å²) in [6, 6.07) is 1.56. The molecule has 102 heavy (non-hydrogen) atoms. The number of ether oxygens (including phenoxy) is 3. The van der Waals surface area contributed by atoms with E-state index in [1.807, 2.05) is 94.6 Å². The number of nitrogens with two attached hydrogens (primary N) is 1. The summed E-state index contributed by atoms with van der Waals surface area (Å²) < 4.78 is 22.4. The molecule has 0 radical (unpaired) electrons. The van der Waals surface area contributed by atoms with Gasteiger partial charge in [-0.1, -0.05) is 112 Å². The topological polar surface area (TPSA) is 269 Å². The molecule has 0 saturated heterocycles. The number of halogens is 3. The van der Waals surface area contributed by atoms with Crippen molar-refractivity contribution in [2.45, 2.75) is 182 Å². The first kappa shape index (κ1) is 80.2. The van der Waals surface area contributed by atoms with Crippen LogP contribution in [0.25, 0.3) is 33.1 Å². The summed E-state index contributed by atoms with van der Waals surface area (Å²) in [6.45, 7) is 42.3. The second kappa shape index (κ2) is 34.2. The van der Waals surface area contributed by atoms with Crippen molar-refractivity contribution in [3.05, 3.63) is 120 Å². The number of pyridine rings is 3. The van der Waals surface area contributed by atoms with Crippen LogP contribution in [-0.2, 0) is 29.2 Å². The van der Waals surface area contributed by atoms with Crippen molar-refractivity contribution in [3.8, 4) is 52.8 Å². The van der Waals surface area contributed by atoms with Gasteiger partial charge in [0, 0.05) is 106 Å². The first-order valence-corrected chi connectivity index (χ1v) is 34.7. The number of aliphatic hydroxyl groups is 1. The average Bonchev–Trinajstić information content (AvgIpc) is 1.63. The largest absolute Gasteiger partial charge is 0.496 e. The molecule has 0 aliphatic heterocycles.